The van der Waals surface area contributed by atoms with Gasteiger partial charge in [0.15, 0.2) is 0 Å². The number of aromatic nitrogens is 2. The molecule has 1 aliphatic carbocycles. The van der Waals surface area contributed by atoms with Gasteiger partial charge in [0, 0.05) is 24.8 Å². The number of anilines is 4. The average Bonchev–Trinajstić information content (AvgIpc) is 3.56. The maximum atomic E-state index is 13.8. The zero-order valence-corrected chi connectivity index (χ0v) is 22.6. The number of carbonyl (C=O) groups excluding carboxylic acids is 1. The van der Waals surface area contributed by atoms with Gasteiger partial charge in [0.25, 0.3) is 5.91 Å². The molecule has 1 aromatic carbocycles. The number of alkyl halides is 4. The number of aliphatic hydroxyl groups excluding tert-OH is 1. The van der Waals surface area contributed by atoms with E-state index in [1.54, 1.807) is 6.07 Å². The molecule has 0 atom stereocenters. The molecule has 1 aromatic heterocycles. The van der Waals surface area contributed by atoms with Crippen LogP contribution in [0.5, 0.6) is 0 Å². The molecular formula is C25H30F4N6O4S. The number of benzene rings is 1. The Morgan fingerprint density at radius 2 is 1.65 bits per heavy atom. The van der Waals surface area contributed by atoms with Crippen molar-refractivity contribution in [1.82, 2.24) is 9.97 Å². The molecule has 15 heteroatoms. The molecule has 1 amide bonds. The number of aliphatic hydroxyl groups is 1. The number of halogens is 4. The first kappa shape index (κ1) is 28.3. The third kappa shape index (κ3) is 5.80. The lowest BCUT2D eigenvalue weighted by atomic mass is 9.93. The summed E-state index contributed by atoms with van der Waals surface area (Å²) >= 11 is 0. The molecule has 3 N–H and O–H groups in total. The normalized spacial score (nSPS) is 20.9. The number of nitrogens with zero attached hydrogens (tertiary/aromatic N) is 4. The van der Waals surface area contributed by atoms with Crippen LogP contribution in [0.3, 0.4) is 0 Å². The van der Waals surface area contributed by atoms with E-state index in [-0.39, 0.29) is 28.7 Å². The van der Waals surface area contributed by atoms with Crippen molar-refractivity contribution >= 4 is 39.1 Å². The molecule has 0 unspecified atom stereocenters. The van der Waals surface area contributed by atoms with Crippen LogP contribution in [-0.4, -0.2) is 79.8 Å². The van der Waals surface area contributed by atoms with Crippen molar-refractivity contribution in [3.63, 3.8) is 0 Å². The number of hydrogen-bond donors (Lipinski definition) is 3. The van der Waals surface area contributed by atoms with E-state index in [1.807, 2.05) is 4.90 Å². The lowest BCUT2D eigenvalue weighted by Gasteiger charge is -2.35. The minimum atomic E-state index is -4.24. The molecule has 0 radical (unpaired) electrons. The van der Waals surface area contributed by atoms with Crippen molar-refractivity contribution in [2.75, 3.05) is 58.4 Å². The fraction of sp³-hybridized carbons (Fsp3) is 0.560. The van der Waals surface area contributed by atoms with E-state index in [2.05, 4.69) is 20.0 Å². The summed E-state index contributed by atoms with van der Waals surface area (Å²) in [5, 5.41) is 11.7. The van der Waals surface area contributed by atoms with Gasteiger partial charge in [-0.15, -0.1) is 0 Å². The Kier molecular flexibility index (Phi) is 7.09. The van der Waals surface area contributed by atoms with Gasteiger partial charge in [-0.25, -0.2) is 13.4 Å². The third-order valence-corrected chi connectivity index (χ3v) is 8.95. The number of hydrogen-bond acceptors (Lipinski definition) is 8. The van der Waals surface area contributed by atoms with Gasteiger partial charge in [0.1, 0.15) is 5.82 Å². The number of sulfonamides is 1. The van der Waals surface area contributed by atoms with Crippen LogP contribution in [-0.2, 0) is 10.0 Å². The van der Waals surface area contributed by atoms with Gasteiger partial charge in [0.2, 0.25) is 16.0 Å². The van der Waals surface area contributed by atoms with Gasteiger partial charge in [0.05, 0.1) is 42.4 Å². The van der Waals surface area contributed by atoms with Gasteiger partial charge >= 0.3 is 11.8 Å². The molecule has 218 valence electrons. The molecule has 1 spiro atoms. The number of carbonyl (C=O) groups is 1. The van der Waals surface area contributed by atoms with Crippen molar-refractivity contribution in [2.24, 2.45) is 5.41 Å². The molecule has 0 bridgehead atoms. The highest BCUT2D eigenvalue weighted by Gasteiger charge is 2.63. The predicted octanol–water partition coefficient (Wildman–Crippen LogP) is 3.24. The molecular weight excluding hydrogens is 556 g/mol. The Morgan fingerprint density at radius 3 is 2.25 bits per heavy atom. The van der Waals surface area contributed by atoms with Crippen molar-refractivity contribution in [3.05, 3.63) is 35.5 Å². The van der Waals surface area contributed by atoms with Crippen LogP contribution in [0.1, 0.15) is 41.7 Å². The molecule has 3 aliphatic rings. The average molecular weight is 587 g/mol. The highest BCUT2D eigenvalue weighted by atomic mass is 32.2. The van der Waals surface area contributed by atoms with Crippen molar-refractivity contribution in [1.29, 1.82) is 0 Å². The van der Waals surface area contributed by atoms with Crippen LogP contribution in [0.15, 0.2) is 24.3 Å². The summed E-state index contributed by atoms with van der Waals surface area (Å²) in [5.41, 5.74) is 1.55. The molecule has 2 saturated heterocycles. The van der Waals surface area contributed by atoms with Crippen LogP contribution < -0.4 is 19.8 Å². The van der Waals surface area contributed by atoms with Crippen LogP contribution in [0.4, 0.5) is 40.7 Å². The fourth-order valence-electron chi connectivity index (χ4n) is 5.15. The number of nitrogens with one attached hydrogen (secondary N) is 2. The second kappa shape index (κ2) is 10.0. The van der Waals surface area contributed by atoms with E-state index in [9.17, 15) is 30.8 Å². The molecule has 40 heavy (non-hydrogen) atoms. The minimum absolute atomic E-state index is 0.0553. The van der Waals surface area contributed by atoms with E-state index in [1.165, 1.54) is 38.0 Å². The Labute approximate surface area is 228 Å². The van der Waals surface area contributed by atoms with Crippen LogP contribution >= 0.6 is 0 Å². The summed E-state index contributed by atoms with van der Waals surface area (Å²) in [5.74, 6) is -9.99. The van der Waals surface area contributed by atoms with Crippen molar-refractivity contribution in [2.45, 2.75) is 44.5 Å². The predicted molar refractivity (Wildman–Crippen MR) is 141 cm³/mol. The van der Waals surface area contributed by atoms with E-state index < -0.39 is 53.2 Å². The lowest BCUT2D eigenvalue weighted by Crippen LogP contribution is -2.38. The smallest absolute Gasteiger partial charge is 0.329 e. The van der Waals surface area contributed by atoms with E-state index in [4.69, 9.17) is 5.11 Å². The summed E-state index contributed by atoms with van der Waals surface area (Å²) in [4.78, 5) is 24.2. The largest absolute Gasteiger partial charge is 0.395 e. The quantitative estimate of drug-likeness (QED) is 0.403. The summed E-state index contributed by atoms with van der Waals surface area (Å²) < 4.78 is 81.9. The summed E-state index contributed by atoms with van der Waals surface area (Å²) in [6.45, 7) is -0.212. The van der Waals surface area contributed by atoms with Crippen molar-refractivity contribution in [3.8, 4) is 0 Å². The lowest BCUT2D eigenvalue weighted by molar-refractivity contribution is -0.172. The summed E-state index contributed by atoms with van der Waals surface area (Å²) in [7, 11) is -3.80. The van der Waals surface area contributed by atoms with Gasteiger partial charge in [-0.1, -0.05) is 0 Å². The van der Waals surface area contributed by atoms with Gasteiger partial charge in [-0.2, -0.15) is 22.5 Å². The Morgan fingerprint density at radius 1 is 1.00 bits per heavy atom. The standard InChI is InChI=1S/C25H30F4N6O4S/c1-16-12-20(32-22(30-16)35-14-24(26,27)25(28,29)15-35)31-21(37)18-3-2-17(33-40(38,39)11-10-36)13-19(18)34-8-6-23(4-5-23)7-9-34/h2-3,12-13,33,36H,4-11,14-15H2,1H3,(H,30,31,32,37). The zero-order chi connectivity index (χ0) is 28.9. The second-order valence-corrected chi connectivity index (χ2v) is 12.6. The molecule has 2 aliphatic heterocycles. The number of amides is 1. The Hall–Kier alpha value is -3.20. The van der Waals surface area contributed by atoms with Crippen LogP contribution in [0, 0.1) is 12.3 Å². The maximum Gasteiger partial charge on any atom is 0.329 e. The maximum absolute atomic E-state index is 13.8. The number of aryl methyl sites for hydroxylation is 1. The molecule has 10 nitrogen and oxygen atoms in total. The summed E-state index contributed by atoms with van der Waals surface area (Å²) in [6, 6.07) is 5.83. The molecule has 2 aromatic rings. The fourth-order valence-corrected chi connectivity index (χ4v) is 5.98. The number of rotatable bonds is 8. The first-order valence-electron chi connectivity index (χ1n) is 12.9. The monoisotopic (exact) mass is 586 g/mol. The van der Waals surface area contributed by atoms with Crippen LogP contribution in [0.25, 0.3) is 0 Å². The topological polar surface area (TPSA) is 128 Å². The van der Waals surface area contributed by atoms with Crippen molar-refractivity contribution < 1.29 is 35.9 Å². The first-order chi connectivity index (χ1) is 18.7. The minimum Gasteiger partial charge on any atom is -0.395 e. The SMILES string of the molecule is Cc1cc(NC(=O)c2ccc(NS(=O)(=O)CCO)cc2N2CCC3(CC2)CC3)nc(N2CC(F)(F)C(F)(F)C2)n1. The zero-order valence-electron chi connectivity index (χ0n) is 21.8. The molecule has 5 rings (SSSR count). The molecule has 1 saturated carbocycles. The molecule has 3 heterocycles. The Bertz CT molecular complexity index is 1390. The van der Waals surface area contributed by atoms with E-state index >= 15 is 0 Å². The van der Waals surface area contributed by atoms with Gasteiger partial charge in [-0.05, 0) is 56.2 Å². The second-order valence-electron chi connectivity index (χ2n) is 10.8. The van der Waals surface area contributed by atoms with Gasteiger partial charge in [-0.3, -0.25) is 9.52 Å². The van der Waals surface area contributed by atoms with Crippen LogP contribution in [0.2, 0.25) is 0 Å². The summed E-state index contributed by atoms with van der Waals surface area (Å²) in [6.07, 6.45) is 4.21. The Balaban J connectivity index is 1.41. The first-order valence-corrected chi connectivity index (χ1v) is 14.5. The number of piperidine rings is 1. The molecule has 3 fully saturated rings. The van der Waals surface area contributed by atoms with E-state index in [0.717, 1.165) is 12.8 Å². The third-order valence-electron chi connectivity index (χ3n) is 7.68. The van der Waals surface area contributed by atoms with E-state index in [0.29, 0.717) is 29.1 Å². The highest BCUT2D eigenvalue weighted by molar-refractivity contribution is 7.92. The van der Waals surface area contributed by atoms with Gasteiger partial charge < -0.3 is 20.2 Å². The highest BCUT2D eigenvalue weighted by Crippen LogP contribution is 2.54.